The van der Waals surface area contributed by atoms with Crippen molar-refractivity contribution in [2.75, 3.05) is 46.1 Å². The molecule has 114 valence electrons. The van der Waals surface area contributed by atoms with Crippen LogP contribution in [0.2, 0.25) is 0 Å². The van der Waals surface area contributed by atoms with E-state index in [0.717, 1.165) is 12.2 Å². The Morgan fingerprint density at radius 2 is 2.15 bits per heavy atom. The highest BCUT2D eigenvalue weighted by molar-refractivity contribution is 5.97. The summed E-state index contributed by atoms with van der Waals surface area (Å²) in [7, 11) is 5.70. The zero-order chi connectivity index (χ0) is 15.1. The van der Waals surface area contributed by atoms with Gasteiger partial charge in [-0.05, 0) is 20.5 Å². The van der Waals surface area contributed by atoms with Gasteiger partial charge in [0.05, 0.1) is 24.6 Å². The Morgan fingerprint density at radius 3 is 2.70 bits per heavy atom. The van der Waals surface area contributed by atoms with E-state index in [2.05, 4.69) is 10.4 Å². The number of hydrogen-bond donors (Lipinski definition) is 2. The normalized spacial score (nSPS) is 11.1. The predicted molar refractivity (Wildman–Crippen MR) is 78.7 cm³/mol. The number of nitrogens with zero attached hydrogens (tertiary/aromatic N) is 3. The number of likely N-dealkylation sites (N-methyl/N-ethyl adjacent to an activating group) is 1. The van der Waals surface area contributed by atoms with E-state index < -0.39 is 0 Å². The Hall–Kier alpha value is -1.60. The molecule has 3 N–H and O–H groups in total. The number of amides is 1. The molecule has 0 radical (unpaired) electrons. The summed E-state index contributed by atoms with van der Waals surface area (Å²) in [6, 6.07) is 0. The quantitative estimate of drug-likeness (QED) is 0.649. The Balaban J connectivity index is 2.38. The lowest BCUT2D eigenvalue weighted by Crippen LogP contribution is -2.30. The van der Waals surface area contributed by atoms with E-state index in [1.54, 1.807) is 7.05 Å². The zero-order valence-electron chi connectivity index (χ0n) is 12.8. The Bertz CT molecular complexity index is 442. The van der Waals surface area contributed by atoms with Crippen molar-refractivity contribution in [3.8, 4) is 0 Å². The second-order valence-corrected chi connectivity index (χ2v) is 4.86. The summed E-state index contributed by atoms with van der Waals surface area (Å²) >= 11 is 0. The van der Waals surface area contributed by atoms with E-state index in [4.69, 9.17) is 10.5 Å². The number of nitrogens with one attached hydrogen (secondary N) is 1. The third-order valence-corrected chi connectivity index (χ3v) is 2.93. The first kappa shape index (κ1) is 16.5. The highest BCUT2D eigenvalue weighted by Crippen LogP contribution is 2.16. The van der Waals surface area contributed by atoms with Gasteiger partial charge in [0.2, 0.25) is 0 Å². The van der Waals surface area contributed by atoms with Crippen molar-refractivity contribution >= 4 is 11.6 Å². The lowest BCUT2D eigenvalue weighted by atomic mass is 10.2. The number of carbonyl (C=O) groups is 1. The van der Waals surface area contributed by atoms with Gasteiger partial charge in [0, 0.05) is 20.1 Å². The van der Waals surface area contributed by atoms with Gasteiger partial charge in [-0.3, -0.25) is 9.48 Å². The monoisotopic (exact) mass is 283 g/mol. The van der Waals surface area contributed by atoms with Crippen molar-refractivity contribution in [2.45, 2.75) is 13.3 Å². The van der Waals surface area contributed by atoms with Gasteiger partial charge in [-0.25, -0.2) is 0 Å². The van der Waals surface area contributed by atoms with Gasteiger partial charge in [-0.2, -0.15) is 5.10 Å². The number of carbonyl (C=O) groups excluding carboxylic acids is 1. The third-order valence-electron chi connectivity index (χ3n) is 2.93. The fourth-order valence-electron chi connectivity index (χ4n) is 1.80. The number of anilines is 1. The Labute approximate surface area is 120 Å². The van der Waals surface area contributed by atoms with E-state index in [0.29, 0.717) is 37.6 Å². The molecule has 0 fully saturated rings. The van der Waals surface area contributed by atoms with Gasteiger partial charge in [0.15, 0.2) is 0 Å². The minimum atomic E-state index is -0.214. The van der Waals surface area contributed by atoms with Gasteiger partial charge < -0.3 is 20.7 Å². The van der Waals surface area contributed by atoms with Gasteiger partial charge in [-0.15, -0.1) is 0 Å². The summed E-state index contributed by atoms with van der Waals surface area (Å²) in [6.07, 6.45) is 0.709. The summed E-state index contributed by atoms with van der Waals surface area (Å²) < 4.78 is 6.93. The molecule has 0 saturated carbocycles. The van der Waals surface area contributed by atoms with Crippen LogP contribution >= 0.6 is 0 Å². The fourth-order valence-corrected chi connectivity index (χ4v) is 1.80. The first-order valence-corrected chi connectivity index (χ1v) is 6.79. The topological polar surface area (TPSA) is 85.4 Å². The maximum Gasteiger partial charge on any atom is 0.271 e. The summed E-state index contributed by atoms with van der Waals surface area (Å²) in [4.78, 5) is 14.1. The van der Waals surface area contributed by atoms with Crippen LogP contribution in [0.25, 0.3) is 0 Å². The average molecular weight is 283 g/mol. The fraction of sp³-hybridized carbons (Fsp3) is 0.692. The summed E-state index contributed by atoms with van der Waals surface area (Å²) in [5.74, 6) is -0.214. The maximum absolute atomic E-state index is 12.0. The van der Waals surface area contributed by atoms with Gasteiger partial charge in [0.1, 0.15) is 5.69 Å². The molecule has 1 amide bonds. The maximum atomic E-state index is 12.0. The zero-order valence-corrected chi connectivity index (χ0v) is 12.8. The highest BCUT2D eigenvalue weighted by atomic mass is 16.5. The molecule has 1 rings (SSSR count). The van der Waals surface area contributed by atoms with Gasteiger partial charge in [0.25, 0.3) is 5.91 Å². The minimum Gasteiger partial charge on any atom is -0.395 e. The van der Waals surface area contributed by atoms with E-state index in [1.165, 1.54) is 4.68 Å². The molecule has 0 bridgehead atoms. The van der Waals surface area contributed by atoms with E-state index in [9.17, 15) is 4.79 Å². The van der Waals surface area contributed by atoms with Crippen molar-refractivity contribution in [2.24, 2.45) is 7.05 Å². The summed E-state index contributed by atoms with van der Waals surface area (Å²) in [5.41, 5.74) is 7.54. The van der Waals surface area contributed by atoms with Crippen molar-refractivity contribution in [3.05, 3.63) is 11.4 Å². The van der Waals surface area contributed by atoms with Crippen LogP contribution in [0.1, 0.15) is 23.1 Å². The summed E-state index contributed by atoms with van der Waals surface area (Å²) in [6.45, 7) is 4.41. The second-order valence-electron chi connectivity index (χ2n) is 4.86. The molecule has 0 saturated heterocycles. The van der Waals surface area contributed by atoms with E-state index in [-0.39, 0.29) is 5.91 Å². The number of rotatable bonds is 8. The number of nitrogens with two attached hydrogens (primary N) is 1. The lowest BCUT2D eigenvalue weighted by molar-refractivity contribution is 0.0892. The number of hydrogen-bond acceptors (Lipinski definition) is 5. The standard InChI is InChI=1S/C13H25N5O2/c1-5-10-11(14)12(18(4)16-10)13(19)15-6-8-20-9-7-17(2)3/h5-9,14H2,1-4H3,(H,15,19). The Kier molecular flexibility index (Phi) is 6.47. The van der Waals surface area contributed by atoms with Crippen LogP contribution in [0.15, 0.2) is 0 Å². The van der Waals surface area contributed by atoms with E-state index in [1.807, 2.05) is 25.9 Å². The molecule has 1 heterocycles. The van der Waals surface area contributed by atoms with Crippen LogP contribution in [0.3, 0.4) is 0 Å². The third kappa shape index (κ3) is 4.50. The van der Waals surface area contributed by atoms with E-state index >= 15 is 0 Å². The van der Waals surface area contributed by atoms with Gasteiger partial charge in [-0.1, -0.05) is 6.92 Å². The van der Waals surface area contributed by atoms with Crippen molar-refractivity contribution in [1.82, 2.24) is 20.0 Å². The first-order valence-electron chi connectivity index (χ1n) is 6.79. The van der Waals surface area contributed by atoms with Crippen LogP contribution in [-0.2, 0) is 18.2 Å². The van der Waals surface area contributed by atoms with Crippen molar-refractivity contribution in [1.29, 1.82) is 0 Å². The molecule has 0 aliphatic rings. The first-order chi connectivity index (χ1) is 9.47. The molecule has 0 spiro atoms. The molecule has 7 nitrogen and oxygen atoms in total. The molecule has 7 heteroatoms. The molecule has 0 atom stereocenters. The number of aryl methyl sites for hydroxylation is 2. The van der Waals surface area contributed by atoms with Crippen LogP contribution in [-0.4, -0.2) is 61.0 Å². The molecule has 0 aromatic carbocycles. The molecule has 0 unspecified atom stereocenters. The molecule has 0 aliphatic carbocycles. The van der Waals surface area contributed by atoms with Crippen LogP contribution < -0.4 is 11.1 Å². The van der Waals surface area contributed by atoms with Crippen molar-refractivity contribution < 1.29 is 9.53 Å². The van der Waals surface area contributed by atoms with Crippen LogP contribution in [0, 0.1) is 0 Å². The summed E-state index contributed by atoms with van der Waals surface area (Å²) in [5, 5.41) is 7.01. The number of nitrogen functional groups attached to an aromatic ring is 1. The molecular weight excluding hydrogens is 258 g/mol. The SMILES string of the molecule is CCc1nn(C)c(C(=O)NCCOCCN(C)C)c1N. The highest BCUT2D eigenvalue weighted by Gasteiger charge is 2.18. The smallest absolute Gasteiger partial charge is 0.271 e. The average Bonchev–Trinajstić information content (AvgIpc) is 2.67. The lowest BCUT2D eigenvalue weighted by Gasteiger charge is -2.10. The molecule has 1 aromatic heterocycles. The Morgan fingerprint density at radius 1 is 1.45 bits per heavy atom. The number of aromatic nitrogens is 2. The van der Waals surface area contributed by atoms with Gasteiger partial charge >= 0.3 is 0 Å². The largest absolute Gasteiger partial charge is 0.395 e. The van der Waals surface area contributed by atoms with Crippen LogP contribution in [0.4, 0.5) is 5.69 Å². The molecule has 0 aliphatic heterocycles. The second kappa shape index (κ2) is 7.86. The molecule has 20 heavy (non-hydrogen) atoms. The van der Waals surface area contributed by atoms with Crippen molar-refractivity contribution in [3.63, 3.8) is 0 Å². The van der Waals surface area contributed by atoms with Crippen LogP contribution in [0.5, 0.6) is 0 Å². The number of ether oxygens (including phenoxy) is 1. The molecule has 1 aromatic rings. The predicted octanol–water partition coefficient (Wildman–Crippen LogP) is -0.127. The molecular formula is C13H25N5O2. The minimum absolute atomic E-state index is 0.214.